The first kappa shape index (κ1) is 16.0. The number of likely N-dealkylation sites (tertiary alicyclic amines) is 1. The third-order valence-corrected chi connectivity index (χ3v) is 5.54. The first-order chi connectivity index (χ1) is 12.0. The van der Waals surface area contributed by atoms with Gasteiger partial charge in [0, 0.05) is 18.9 Å². The number of hydrogen-bond acceptors (Lipinski definition) is 4. The molecule has 1 aliphatic rings. The topological polar surface area (TPSA) is 62.3 Å². The fraction of sp³-hybridized carbons (Fsp3) is 0.278. The first-order valence-corrected chi connectivity index (χ1v) is 8.91. The quantitative estimate of drug-likeness (QED) is 0.763. The Balaban J connectivity index is 1.65. The molecule has 1 N–H and O–H groups in total. The van der Waals surface area contributed by atoms with Crippen LogP contribution >= 0.6 is 11.3 Å². The Morgan fingerprint density at radius 2 is 2.16 bits per heavy atom. The second kappa shape index (κ2) is 6.07. The highest BCUT2D eigenvalue weighted by atomic mass is 32.1. The van der Waals surface area contributed by atoms with Gasteiger partial charge in [-0.3, -0.25) is 9.59 Å². The third-order valence-electron chi connectivity index (χ3n) is 4.52. The van der Waals surface area contributed by atoms with Gasteiger partial charge in [0.25, 0.3) is 0 Å². The molecule has 0 spiro atoms. The summed E-state index contributed by atoms with van der Waals surface area (Å²) in [5.74, 6) is -0.576. The van der Waals surface area contributed by atoms with E-state index in [1.54, 1.807) is 11.0 Å². The third kappa shape index (κ3) is 2.84. The maximum absolute atomic E-state index is 13.4. The lowest BCUT2D eigenvalue weighted by Gasteiger charge is -2.21. The second-order valence-corrected chi connectivity index (χ2v) is 7.16. The number of benzene rings is 2. The number of carbonyl (C=O) groups excluding carboxylic acids is 2. The molecule has 128 valence electrons. The second-order valence-electron chi connectivity index (χ2n) is 6.16. The fourth-order valence-corrected chi connectivity index (χ4v) is 4.35. The molecular weight excluding hydrogens is 341 g/mol. The van der Waals surface area contributed by atoms with E-state index in [0.717, 1.165) is 27.4 Å². The van der Waals surface area contributed by atoms with E-state index in [2.05, 4.69) is 10.3 Å². The van der Waals surface area contributed by atoms with Crippen LogP contribution in [0.25, 0.3) is 21.0 Å². The summed E-state index contributed by atoms with van der Waals surface area (Å²) >= 11 is 1.36. The molecule has 2 aromatic carbocycles. The van der Waals surface area contributed by atoms with E-state index in [1.807, 2.05) is 12.1 Å². The molecule has 0 aliphatic carbocycles. The lowest BCUT2D eigenvalue weighted by molar-refractivity contribution is -0.134. The van der Waals surface area contributed by atoms with E-state index in [-0.39, 0.29) is 17.6 Å². The van der Waals surface area contributed by atoms with E-state index < -0.39 is 6.04 Å². The Labute approximate surface area is 147 Å². The van der Waals surface area contributed by atoms with Crippen LogP contribution in [0.2, 0.25) is 0 Å². The van der Waals surface area contributed by atoms with Crippen molar-refractivity contribution in [3.05, 3.63) is 36.1 Å². The number of nitrogens with one attached hydrogen (secondary N) is 1. The van der Waals surface area contributed by atoms with Crippen LogP contribution in [-0.2, 0) is 9.59 Å². The minimum atomic E-state index is -0.435. The number of halogens is 1. The van der Waals surface area contributed by atoms with Gasteiger partial charge in [0.05, 0.1) is 10.2 Å². The maximum atomic E-state index is 13.4. The molecule has 2 heterocycles. The van der Waals surface area contributed by atoms with Crippen LogP contribution in [0.5, 0.6) is 0 Å². The highest BCUT2D eigenvalue weighted by Gasteiger charge is 2.32. The molecule has 1 atom stereocenters. The van der Waals surface area contributed by atoms with E-state index in [9.17, 15) is 14.0 Å². The number of amides is 2. The summed E-state index contributed by atoms with van der Waals surface area (Å²) in [6, 6.07) is 7.83. The lowest BCUT2D eigenvalue weighted by Crippen LogP contribution is -2.42. The molecule has 1 fully saturated rings. The molecule has 0 unspecified atom stereocenters. The molecule has 0 bridgehead atoms. The average molecular weight is 357 g/mol. The Bertz CT molecular complexity index is 1000. The zero-order valence-corrected chi connectivity index (χ0v) is 14.4. The summed E-state index contributed by atoms with van der Waals surface area (Å²) in [5, 5.41) is 5.03. The Morgan fingerprint density at radius 3 is 2.96 bits per heavy atom. The van der Waals surface area contributed by atoms with E-state index in [1.165, 1.54) is 30.4 Å². The largest absolute Gasteiger partial charge is 0.331 e. The monoisotopic (exact) mass is 357 g/mol. The van der Waals surface area contributed by atoms with Gasteiger partial charge in [0.1, 0.15) is 11.9 Å². The van der Waals surface area contributed by atoms with Gasteiger partial charge in [-0.2, -0.15) is 0 Å². The van der Waals surface area contributed by atoms with Gasteiger partial charge < -0.3 is 10.2 Å². The Morgan fingerprint density at radius 1 is 1.32 bits per heavy atom. The number of thiazole rings is 1. The van der Waals surface area contributed by atoms with E-state index >= 15 is 0 Å². The SMILES string of the molecule is CC(=O)N1CCC[C@@H]1C(=O)Nc1nc2ccc3cc(F)ccc3c2s1. The lowest BCUT2D eigenvalue weighted by atomic mass is 10.1. The van der Waals surface area contributed by atoms with E-state index in [0.29, 0.717) is 18.1 Å². The number of anilines is 1. The van der Waals surface area contributed by atoms with Crippen molar-refractivity contribution in [2.24, 2.45) is 0 Å². The molecule has 1 saturated heterocycles. The van der Waals surface area contributed by atoms with Crippen molar-refractivity contribution >= 4 is 49.3 Å². The highest BCUT2D eigenvalue weighted by Crippen LogP contribution is 2.33. The first-order valence-electron chi connectivity index (χ1n) is 8.10. The van der Waals surface area contributed by atoms with E-state index in [4.69, 9.17) is 0 Å². The van der Waals surface area contributed by atoms with Crippen LogP contribution in [0.4, 0.5) is 9.52 Å². The zero-order chi connectivity index (χ0) is 17.6. The van der Waals surface area contributed by atoms with Crippen molar-refractivity contribution in [3.8, 4) is 0 Å². The summed E-state index contributed by atoms with van der Waals surface area (Å²) in [5.41, 5.74) is 0.759. The smallest absolute Gasteiger partial charge is 0.248 e. The van der Waals surface area contributed by atoms with Crippen molar-refractivity contribution in [1.29, 1.82) is 0 Å². The number of rotatable bonds is 2. The number of hydrogen-bond donors (Lipinski definition) is 1. The zero-order valence-electron chi connectivity index (χ0n) is 13.6. The van der Waals surface area contributed by atoms with Gasteiger partial charge in [-0.05, 0) is 42.5 Å². The number of aromatic nitrogens is 1. The molecule has 3 aromatic rings. The van der Waals surface area contributed by atoms with Gasteiger partial charge in [-0.15, -0.1) is 0 Å². The number of nitrogens with zero attached hydrogens (tertiary/aromatic N) is 2. The molecule has 5 nitrogen and oxygen atoms in total. The van der Waals surface area contributed by atoms with Crippen LogP contribution in [0.15, 0.2) is 30.3 Å². The molecule has 1 aliphatic heterocycles. The van der Waals surface area contributed by atoms with Gasteiger partial charge in [0.15, 0.2) is 5.13 Å². The molecule has 0 saturated carbocycles. The maximum Gasteiger partial charge on any atom is 0.248 e. The molecule has 0 radical (unpaired) electrons. The van der Waals surface area contributed by atoms with Crippen LogP contribution in [0, 0.1) is 5.82 Å². The fourth-order valence-electron chi connectivity index (χ4n) is 3.34. The van der Waals surface area contributed by atoms with Crippen LogP contribution in [-0.4, -0.2) is 34.3 Å². The Hall–Kier alpha value is -2.54. The van der Waals surface area contributed by atoms with Gasteiger partial charge in [0.2, 0.25) is 11.8 Å². The molecule has 7 heteroatoms. The number of carbonyl (C=O) groups is 2. The Kier molecular flexibility index (Phi) is 3.88. The standard InChI is InChI=1S/C18H16FN3O2S/c1-10(23)22-8-2-3-15(22)17(24)21-18-20-14-7-4-11-9-12(19)5-6-13(11)16(14)25-18/h4-7,9,15H,2-3,8H2,1H3,(H,20,21,24)/t15-/m1/s1. The normalized spacial score (nSPS) is 17.4. The molecule has 25 heavy (non-hydrogen) atoms. The van der Waals surface area contributed by atoms with Gasteiger partial charge in [-0.1, -0.05) is 17.4 Å². The minimum absolute atomic E-state index is 0.0880. The van der Waals surface area contributed by atoms with Crippen LogP contribution < -0.4 is 5.32 Å². The van der Waals surface area contributed by atoms with Crippen LogP contribution in [0.1, 0.15) is 19.8 Å². The van der Waals surface area contributed by atoms with Crippen molar-refractivity contribution in [2.45, 2.75) is 25.8 Å². The highest BCUT2D eigenvalue weighted by molar-refractivity contribution is 7.23. The van der Waals surface area contributed by atoms with Crippen LogP contribution in [0.3, 0.4) is 0 Å². The van der Waals surface area contributed by atoms with Crippen molar-refractivity contribution in [3.63, 3.8) is 0 Å². The molecule has 1 aromatic heterocycles. The summed E-state index contributed by atoms with van der Waals surface area (Å²) < 4.78 is 14.3. The summed E-state index contributed by atoms with van der Waals surface area (Å²) in [6.45, 7) is 2.10. The van der Waals surface area contributed by atoms with Gasteiger partial charge >= 0.3 is 0 Å². The molecule has 4 rings (SSSR count). The van der Waals surface area contributed by atoms with Crippen molar-refractivity contribution < 1.29 is 14.0 Å². The summed E-state index contributed by atoms with van der Waals surface area (Å²) in [6.07, 6.45) is 1.49. The van der Waals surface area contributed by atoms with Gasteiger partial charge in [-0.25, -0.2) is 9.37 Å². The summed E-state index contributed by atoms with van der Waals surface area (Å²) in [7, 11) is 0. The average Bonchev–Trinajstić information content (AvgIpc) is 3.20. The van der Waals surface area contributed by atoms with Crippen molar-refractivity contribution in [1.82, 2.24) is 9.88 Å². The predicted molar refractivity (Wildman–Crippen MR) is 96.1 cm³/mol. The molecule has 2 amide bonds. The predicted octanol–water partition coefficient (Wildman–Crippen LogP) is 3.54. The number of fused-ring (bicyclic) bond motifs is 3. The van der Waals surface area contributed by atoms with Crippen molar-refractivity contribution in [2.75, 3.05) is 11.9 Å². The minimum Gasteiger partial charge on any atom is -0.331 e. The molecular formula is C18H16FN3O2S. The summed E-state index contributed by atoms with van der Waals surface area (Å²) in [4.78, 5) is 30.2.